The lowest BCUT2D eigenvalue weighted by atomic mass is 10.1. The molecule has 0 spiro atoms. The van der Waals surface area contributed by atoms with E-state index in [1.54, 1.807) is 7.05 Å². The zero-order chi connectivity index (χ0) is 19.3. The average molecular weight is 377 g/mol. The summed E-state index contributed by atoms with van der Waals surface area (Å²) in [5.74, 6) is -1.37. The van der Waals surface area contributed by atoms with Crippen LogP contribution in [0, 0.1) is 17.0 Å². The molecule has 0 saturated heterocycles. The summed E-state index contributed by atoms with van der Waals surface area (Å²) in [5.41, 5.74) is 1.32. The van der Waals surface area contributed by atoms with Crippen molar-refractivity contribution in [3.63, 3.8) is 0 Å². The van der Waals surface area contributed by atoms with Gasteiger partial charge in [0, 0.05) is 24.7 Å². The molecule has 2 rings (SSSR count). The molecule has 0 unspecified atom stereocenters. The van der Waals surface area contributed by atoms with Gasteiger partial charge in [0.25, 0.3) is 11.6 Å². The molecule has 0 radical (unpaired) electrons. The van der Waals surface area contributed by atoms with Crippen molar-refractivity contribution in [2.75, 3.05) is 13.7 Å². The average Bonchev–Trinajstić information content (AvgIpc) is 2.61. The summed E-state index contributed by atoms with van der Waals surface area (Å²) in [6, 6.07) is 11.3. The molecule has 0 aliphatic rings. The molecule has 0 heterocycles. The number of benzene rings is 2. The summed E-state index contributed by atoms with van der Waals surface area (Å²) >= 11 is 5.70. The van der Waals surface area contributed by atoms with Gasteiger partial charge < -0.3 is 9.64 Å². The van der Waals surface area contributed by atoms with Gasteiger partial charge in [0.2, 0.25) is 0 Å². The number of nitrogens with zero attached hydrogens (tertiary/aromatic N) is 2. The Bertz CT molecular complexity index is 836. The van der Waals surface area contributed by atoms with Crippen molar-refractivity contribution in [3.8, 4) is 0 Å². The fourth-order valence-corrected chi connectivity index (χ4v) is 2.37. The van der Waals surface area contributed by atoms with E-state index >= 15 is 0 Å². The van der Waals surface area contributed by atoms with E-state index in [2.05, 4.69) is 0 Å². The molecule has 7 nitrogen and oxygen atoms in total. The number of hydrogen-bond acceptors (Lipinski definition) is 5. The van der Waals surface area contributed by atoms with E-state index in [-0.39, 0.29) is 10.6 Å². The van der Waals surface area contributed by atoms with Crippen LogP contribution in [-0.4, -0.2) is 35.4 Å². The Labute approximate surface area is 155 Å². The van der Waals surface area contributed by atoms with Gasteiger partial charge in [-0.15, -0.1) is 0 Å². The van der Waals surface area contributed by atoms with E-state index in [1.807, 2.05) is 31.2 Å². The molecule has 0 fully saturated rings. The number of nitro groups is 1. The Morgan fingerprint density at radius 3 is 2.46 bits per heavy atom. The van der Waals surface area contributed by atoms with Crippen LogP contribution in [0.15, 0.2) is 42.5 Å². The third-order valence-corrected chi connectivity index (χ3v) is 3.90. The van der Waals surface area contributed by atoms with Crippen LogP contribution in [0.2, 0.25) is 5.02 Å². The molecular weight excluding hydrogens is 360 g/mol. The van der Waals surface area contributed by atoms with E-state index < -0.39 is 29.1 Å². The summed E-state index contributed by atoms with van der Waals surface area (Å²) in [6.45, 7) is 1.81. The number of esters is 1. The maximum Gasteiger partial charge on any atom is 0.345 e. The maximum atomic E-state index is 12.1. The summed E-state index contributed by atoms with van der Waals surface area (Å²) in [4.78, 5) is 35.9. The van der Waals surface area contributed by atoms with Crippen molar-refractivity contribution in [2.24, 2.45) is 0 Å². The molecule has 0 aromatic heterocycles. The predicted molar refractivity (Wildman–Crippen MR) is 96.0 cm³/mol. The molecule has 136 valence electrons. The van der Waals surface area contributed by atoms with Crippen molar-refractivity contribution >= 4 is 29.2 Å². The molecule has 8 heteroatoms. The second kappa shape index (κ2) is 8.44. The quantitative estimate of drug-likeness (QED) is 0.438. The van der Waals surface area contributed by atoms with Gasteiger partial charge in [0.15, 0.2) is 6.61 Å². The van der Waals surface area contributed by atoms with Crippen LogP contribution in [0.5, 0.6) is 0 Å². The number of carbonyl (C=O) groups is 2. The van der Waals surface area contributed by atoms with E-state index in [4.69, 9.17) is 16.3 Å². The van der Waals surface area contributed by atoms with Crippen LogP contribution in [0.4, 0.5) is 5.69 Å². The normalized spacial score (nSPS) is 10.3. The van der Waals surface area contributed by atoms with E-state index in [1.165, 1.54) is 17.0 Å². The molecule has 1 amide bonds. The number of rotatable bonds is 6. The fraction of sp³-hybridized carbons (Fsp3) is 0.222. The van der Waals surface area contributed by atoms with E-state index in [0.29, 0.717) is 6.54 Å². The summed E-state index contributed by atoms with van der Waals surface area (Å²) < 4.78 is 4.92. The molecule has 26 heavy (non-hydrogen) atoms. The summed E-state index contributed by atoms with van der Waals surface area (Å²) in [6.07, 6.45) is 0. The standard InChI is InChI=1S/C18H17ClN2O5/c1-12-3-5-13(6-4-12)10-20(2)17(22)11-26-18(23)15-8-7-14(19)9-16(15)21(24)25/h3-9H,10-11H2,1-2H3. The Morgan fingerprint density at radius 1 is 1.19 bits per heavy atom. The molecule has 0 atom stereocenters. The molecule has 0 aliphatic carbocycles. The monoisotopic (exact) mass is 376 g/mol. The van der Waals surface area contributed by atoms with Gasteiger partial charge in [-0.1, -0.05) is 41.4 Å². The highest BCUT2D eigenvalue weighted by atomic mass is 35.5. The van der Waals surface area contributed by atoms with Crippen LogP contribution in [0.3, 0.4) is 0 Å². The first-order valence-electron chi connectivity index (χ1n) is 7.68. The minimum Gasteiger partial charge on any atom is -0.452 e. The van der Waals surface area contributed by atoms with E-state index in [9.17, 15) is 19.7 Å². The van der Waals surface area contributed by atoms with Gasteiger partial charge in [0.1, 0.15) is 5.56 Å². The number of nitro benzene ring substituents is 1. The van der Waals surface area contributed by atoms with Crippen molar-refractivity contribution in [2.45, 2.75) is 13.5 Å². The first-order valence-corrected chi connectivity index (χ1v) is 8.06. The number of ether oxygens (including phenoxy) is 1. The van der Waals surface area contributed by atoms with Crippen LogP contribution in [-0.2, 0) is 16.1 Å². The molecule has 2 aromatic carbocycles. The number of carbonyl (C=O) groups excluding carboxylic acids is 2. The maximum absolute atomic E-state index is 12.1. The van der Waals surface area contributed by atoms with Gasteiger partial charge in [-0.25, -0.2) is 4.79 Å². The highest BCUT2D eigenvalue weighted by Gasteiger charge is 2.23. The van der Waals surface area contributed by atoms with Crippen LogP contribution in [0.1, 0.15) is 21.5 Å². The van der Waals surface area contributed by atoms with Gasteiger partial charge in [-0.05, 0) is 24.6 Å². The number of halogens is 1. The van der Waals surface area contributed by atoms with Crippen molar-refractivity contribution in [1.82, 2.24) is 4.90 Å². The Kier molecular flexibility index (Phi) is 6.30. The lowest BCUT2D eigenvalue weighted by Crippen LogP contribution is -2.30. The first kappa shape index (κ1) is 19.4. The molecule has 2 aromatic rings. The molecule has 0 aliphatic heterocycles. The smallest absolute Gasteiger partial charge is 0.345 e. The lowest BCUT2D eigenvalue weighted by molar-refractivity contribution is -0.385. The second-order valence-corrected chi connectivity index (χ2v) is 6.17. The SMILES string of the molecule is Cc1ccc(CN(C)C(=O)COC(=O)c2ccc(Cl)cc2[N+](=O)[O-])cc1. The topological polar surface area (TPSA) is 89.8 Å². The zero-order valence-corrected chi connectivity index (χ0v) is 15.0. The summed E-state index contributed by atoms with van der Waals surface area (Å²) in [5, 5.41) is 11.1. The lowest BCUT2D eigenvalue weighted by Gasteiger charge is -2.17. The fourth-order valence-electron chi connectivity index (χ4n) is 2.20. The number of amides is 1. The van der Waals surface area contributed by atoms with Crippen LogP contribution < -0.4 is 0 Å². The van der Waals surface area contributed by atoms with Crippen molar-refractivity contribution < 1.29 is 19.2 Å². The van der Waals surface area contributed by atoms with E-state index in [0.717, 1.165) is 17.2 Å². The molecular formula is C18H17ClN2O5. The Balaban J connectivity index is 1.97. The minimum atomic E-state index is -0.953. The highest BCUT2D eigenvalue weighted by Crippen LogP contribution is 2.23. The summed E-state index contributed by atoms with van der Waals surface area (Å²) in [7, 11) is 1.58. The number of aryl methyl sites for hydroxylation is 1. The van der Waals surface area contributed by atoms with Gasteiger partial charge >= 0.3 is 5.97 Å². The van der Waals surface area contributed by atoms with Gasteiger partial charge in [0.05, 0.1) is 4.92 Å². The first-order chi connectivity index (χ1) is 12.3. The van der Waals surface area contributed by atoms with Crippen molar-refractivity contribution in [3.05, 3.63) is 74.3 Å². The Morgan fingerprint density at radius 2 is 1.85 bits per heavy atom. The third kappa shape index (κ3) is 5.03. The second-order valence-electron chi connectivity index (χ2n) is 5.73. The van der Waals surface area contributed by atoms with Gasteiger partial charge in [-0.3, -0.25) is 14.9 Å². The number of hydrogen-bond donors (Lipinski definition) is 0. The molecule has 0 bridgehead atoms. The van der Waals surface area contributed by atoms with Crippen LogP contribution >= 0.6 is 11.6 Å². The van der Waals surface area contributed by atoms with Crippen LogP contribution in [0.25, 0.3) is 0 Å². The highest BCUT2D eigenvalue weighted by molar-refractivity contribution is 6.31. The Hall–Kier alpha value is -2.93. The zero-order valence-electron chi connectivity index (χ0n) is 14.3. The number of likely N-dealkylation sites (N-methyl/N-ethyl adjacent to an activating group) is 1. The largest absolute Gasteiger partial charge is 0.452 e. The minimum absolute atomic E-state index is 0.127. The third-order valence-electron chi connectivity index (χ3n) is 3.67. The van der Waals surface area contributed by atoms with Crippen molar-refractivity contribution in [1.29, 1.82) is 0 Å². The molecule has 0 N–H and O–H groups in total. The molecule has 0 saturated carbocycles. The predicted octanol–water partition coefficient (Wildman–Crippen LogP) is 3.37. The van der Waals surface area contributed by atoms with Gasteiger partial charge in [-0.2, -0.15) is 0 Å².